The van der Waals surface area contributed by atoms with Crippen molar-refractivity contribution >= 4 is 11.6 Å². The van der Waals surface area contributed by atoms with Crippen molar-refractivity contribution in [2.24, 2.45) is 5.92 Å². The maximum absolute atomic E-state index is 11.0. The summed E-state index contributed by atoms with van der Waals surface area (Å²) in [7, 11) is 0. The van der Waals surface area contributed by atoms with Gasteiger partial charge < -0.3 is 5.11 Å². The molecule has 1 rings (SSSR count). The van der Waals surface area contributed by atoms with Crippen LogP contribution in [-0.2, 0) is 9.59 Å². The van der Waals surface area contributed by atoms with Crippen LogP contribution in [0, 0.1) is 5.92 Å². The fourth-order valence-electron chi connectivity index (χ4n) is 1.44. The zero-order valence-corrected chi connectivity index (χ0v) is 6.38. The molecule has 1 fully saturated rings. The first-order chi connectivity index (χ1) is 5.24. The van der Waals surface area contributed by atoms with Crippen molar-refractivity contribution in [2.75, 3.05) is 6.61 Å². The zero-order valence-electron chi connectivity index (χ0n) is 6.38. The lowest BCUT2D eigenvalue weighted by atomic mass is 10.0. The number of carbonyl (C=O) groups excluding carboxylic acids is 2. The van der Waals surface area contributed by atoms with Gasteiger partial charge >= 0.3 is 0 Å². The van der Waals surface area contributed by atoms with Gasteiger partial charge in [-0.05, 0) is 12.8 Å². The monoisotopic (exact) mass is 156 g/mol. The van der Waals surface area contributed by atoms with E-state index in [2.05, 4.69) is 0 Å². The number of aliphatic hydroxyl groups is 1. The van der Waals surface area contributed by atoms with Crippen molar-refractivity contribution in [1.82, 2.24) is 0 Å². The van der Waals surface area contributed by atoms with Crippen LogP contribution in [0.3, 0.4) is 0 Å². The first-order valence-corrected chi connectivity index (χ1v) is 3.89. The van der Waals surface area contributed by atoms with E-state index in [4.69, 9.17) is 5.11 Å². The zero-order chi connectivity index (χ0) is 8.27. The third-order valence-electron chi connectivity index (χ3n) is 2.08. The minimum Gasteiger partial charge on any atom is -0.389 e. The molecule has 0 heterocycles. The van der Waals surface area contributed by atoms with Crippen LogP contribution in [0.4, 0.5) is 0 Å². The molecule has 11 heavy (non-hydrogen) atoms. The van der Waals surface area contributed by atoms with Crippen LogP contribution in [0.1, 0.15) is 25.7 Å². The molecular formula is C8H12O3. The Bertz CT molecular complexity index is 174. The predicted molar refractivity (Wildman–Crippen MR) is 39.1 cm³/mol. The highest BCUT2D eigenvalue weighted by molar-refractivity contribution is 5.89. The molecule has 0 aromatic carbocycles. The Hall–Kier alpha value is -0.700. The quantitative estimate of drug-likeness (QED) is 0.639. The second kappa shape index (κ2) is 3.62. The van der Waals surface area contributed by atoms with Crippen molar-refractivity contribution in [1.29, 1.82) is 0 Å². The molecule has 0 saturated heterocycles. The minimum absolute atomic E-state index is 0.0883. The van der Waals surface area contributed by atoms with Crippen LogP contribution in [0.25, 0.3) is 0 Å². The van der Waals surface area contributed by atoms with Crippen molar-refractivity contribution < 1.29 is 14.7 Å². The molecule has 0 bridgehead atoms. The van der Waals surface area contributed by atoms with Gasteiger partial charge in [0.1, 0.15) is 12.4 Å². The van der Waals surface area contributed by atoms with Gasteiger partial charge in [0.05, 0.1) is 0 Å². The summed E-state index contributed by atoms with van der Waals surface area (Å²) in [4.78, 5) is 21.7. The molecule has 0 aromatic heterocycles. The van der Waals surface area contributed by atoms with Gasteiger partial charge in [-0.3, -0.25) is 9.59 Å². The molecule has 1 saturated carbocycles. The summed E-state index contributed by atoms with van der Waals surface area (Å²) in [6.45, 7) is -0.427. The molecule has 1 N–H and O–H groups in total. The summed E-state index contributed by atoms with van der Waals surface area (Å²) in [5, 5.41) is 8.42. The molecule has 0 amide bonds. The smallest absolute Gasteiger partial charge is 0.158 e. The van der Waals surface area contributed by atoms with Gasteiger partial charge in [-0.2, -0.15) is 0 Å². The summed E-state index contributed by atoms with van der Waals surface area (Å²) in [6.07, 6.45) is 2.59. The molecule has 1 unspecified atom stereocenters. The van der Waals surface area contributed by atoms with E-state index in [1.807, 2.05) is 0 Å². The second-order valence-corrected chi connectivity index (χ2v) is 2.96. The number of aliphatic hydroxyl groups excluding tert-OH is 1. The van der Waals surface area contributed by atoms with Gasteiger partial charge in [0, 0.05) is 18.8 Å². The van der Waals surface area contributed by atoms with Gasteiger partial charge in [0.2, 0.25) is 0 Å². The van der Waals surface area contributed by atoms with Crippen molar-refractivity contribution in [3.05, 3.63) is 0 Å². The van der Waals surface area contributed by atoms with Crippen LogP contribution in [0.15, 0.2) is 0 Å². The van der Waals surface area contributed by atoms with Crippen molar-refractivity contribution in [3.63, 3.8) is 0 Å². The Morgan fingerprint density at radius 2 is 2.36 bits per heavy atom. The van der Waals surface area contributed by atoms with E-state index in [0.29, 0.717) is 6.42 Å². The van der Waals surface area contributed by atoms with Crippen LogP contribution in [-0.4, -0.2) is 23.3 Å². The number of hydrogen-bond donors (Lipinski definition) is 1. The lowest BCUT2D eigenvalue weighted by Crippen LogP contribution is -2.14. The molecule has 1 aliphatic rings. The molecule has 3 nitrogen and oxygen atoms in total. The third kappa shape index (κ3) is 2.12. The van der Waals surface area contributed by atoms with Gasteiger partial charge in [-0.1, -0.05) is 0 Å². The first-order valence-electron chi connectivity index (χ1n) is 3.89. The fourth-order valence-corrected chi connectivity index (χ4v) is 1.44. The molecule has 0 spiro atoms. The number of rotatable bonds is 3. The Morgan fingerprint density at radius 1 is 1.64 bits per heavy atom. The van der Waals surface area contributed by atoms with Crippen molar-refractivity contribution in [3.8, 4) is 0 Å². The Kier molecular flexibility index (Phi) is 2.76. The highest BCUT2D eigenvalue weighted by Gasteiger charge is 2.25. The molecule has 1 aliphatic carbocycles. The number of hydrogen-bond acceptors (Lipinski definition) is 3. The summed E-state index contributed by atoms with van der Waals surface area (Å²) in [6, 6.07) is 0. The molecule has 3 heteroatoms. The van der Waals surface area contributed by atoms with Gasteiger partial charge in [-0.15, -0.1) is 0 Å². The molecule has 0 aliphatic heterocycles. The fraction of sp³-hybridized carbons (Fsp3) is 0.750. The summed E-state index contributed by atoms with van der Waals surface area (Å²) < 4.78 is 0. The first kappa shape index (κ1) is 8.40. The lowest BCUT2D eigenvalue weighted by molar-refractivity contribution is -0.127. The largest absolute Gasteiger partial charge is 0.389 e. The number of Topliss-reactive ketones (excluding diaryl/α,β-unsaturated/α-hetero) is 2. The van der Waals surface area contributed by atoms with Crippen LogP contribution < -0.4 is 0 Å². The normalized spacial score (nSPS) is 24.1. The lowest BCUT2D eigenvalue weighted by Gasteiger charge is -2.03. The van der Waals surface area contributed by atoms with Crippen LogP contribution >= 0.6 is 0 Å². The topological polar surface area (TPSA) is 54.4 Å². The predicted octanol–water partition coefficient (Wildman–Crippen LogP) is 0.307. The Balaban J connectivity index is 2.36. The SMILES string of the molecule is O=C(CO)CC1CCCC1=O. The van der Waals surface area contributed by atoms with E-state index in [1.165, 1.54) is 0 Å². The maximum Gasteiger partial charge on any atom is 0.158 e. The Labute approximate surface area is 65.4 Å². The van der Waals surface area contributed by atoms with Crippen LogP contribution in [0.5, 0.6) is 0 Å². The molecule has 0 aromatic rings. The van der Waals surface area contributed by atoms with E-state index in [-0.39, 0.29) is 23.9 Å². The minimum atomic E-state index is -0.427. The van der Waals surface area contributed by atoms with Gasteiger partial charge in [-0.25, -0.2) is 0 Å². The molecular weight excluding hydrogens is 144 g/mol. The van der Waals surface area contributed by atoms with E-state index in [1.54, 1.807) is 0 Å². The average Bonchev–Trinajstić information content (AvgIpc) is 2.37. The summed E-state index contributed by atoms with van der Waals surface area (Å²) >= 11 is 0. The Morgan fingerprint density at radius 3 is 2.82 bits per heavy atom. The third-order valence-corrected chi connectivity index (χ3v) is 2.08. The highest BCUT2D eigenvalue weighted by atomic mass is 16.3. The number of ketones is 2. The van der Waals surface area contributed by atoms with E-state index in [0.717, 1.165) is 12.8 Å². The van der Waals surface area contributed by atoms with Gasteiger partial charge in [0.15, 0.2) is 5.78 Å². The molecule has 0 radical (unpaired) electrons. The van der Waals surface area contributed by atoms with E-state index < -0.39 is 6.61 Å². The van der Waals surface area contributed by atoms with Gasteiger partial charge in [0.25, 0.3) is 0 Å². The van der Waals surface area contributed by atoms with Crippen molar-refractivity contribution in [2.45, 2.75) is 25.7 Å². The highest BCUT2D eigenvalue weighted by Crippen LogP contribution is 2.24. The number of carbonyl (C=O) groups is 2. The summed E-state index contributed by atoms with van der Waals surface area (Å²) in [5.41, 5.74) is 0. The maximum atomic E-state index is 11.0. The average molecular weight is 156 g/mol. The molecule has 1 atom stereocenters. The van der Waals surface area contributed by atoms with E-state index >= 15 is 0 Å². The molecule has 62 valence electrons. The second-order valence-electron chi connectivity index (χ2n) is 2.96. The van der Waals surface area contributed by atoms with E-state index in [9.17, 15) is 9.59 Å². The standard InChI is InChI=1S/C8H12O3/c9-5-7(10)4-6-2-1-3-8(6)11/h6,9H,1-5H2. The summed E-state index contributed by atoms with van der Waals surface area (Å²) in [5.74, 6) is -0.119. The van der Waals surface area contributed by atoms with Crippen LogP contribution in [0.2, 0.25) is 0 Å².